The Bertz CT molecular complexity index is 816. The number of carbonyl (C=O) groups is 1. The molecule has 0 unspecified atom stereocenters. The summed E-state index contributed by atoms with van der Waals surface area (Å²) in [6.45, 7) is 5.82. The molecule has 0 spiro atoms. The average Bonchev–Trinajstić information content (AvgIpc) is 3.33. The summed E-state index contributed by atoms with van der Waals surface area (Å²) in [6, 6.07) is 0. The second-order valence-corrected chi connectivity index (χ2v) is 8.55. The van der Waals surface area contributed by atoms with Crippen molar-refractivity contribution in [1.29, 1.82) is 0 Å². The van der Waals surface area contributed by atoms with E-state index in [4.69, 9.17) is 19.0 Å². The first-order chi connectivity index (χ1) is 14.7. The number of nitrogens with zero attached hydrogens (tertiary/aromatic N) is 1. The van der Waals surface area contributed by atoms with E-state index < -0.39 is 30.4 Å². The van der Waals surface area contributed by atoms with Crippen LogP contribution < -0.4 is 0 Å². The summed E-state index contributed by atoms with van der Waals surface area (Å²) < 4.78 is 16.9. The molecule has 3 rings (SSSR count). The van der Waals surface area contributed by atoms with Gasteiger partial charge in [0.1, 0.15) is 11.9 Å². The van der Waals surface area contributed by atoms with E-state index >= 15 is 0 Å². The van der Waals surface area contributed by atoms with Gasteiger partial charge in [-0.15, -0.1) is 0 Å². The van der Waals surface area contributed by atoms with Crippen molar-refractivity contribution < 1.29 is 39.1 Å². The number of aromatic nitrogens is 1. The predicted molar refractivity (Wildman–Crippen MR) is 111 cm³/mol. The minimum Gasteiger partial charge on any atom is -0.478 e. The molecule has 3 heterocycles. The van der Waals surface area contributed by atoms with Gasteiger partial charge in [0, 0.05) is 17.9 Å². The average molecular weight is 437 g/mol. The zero-order valence-corrected chi connectivity index (χ0v) is 17.9. The molecule has 9 nitrogen and oxygen atoms in total. The van der Waals surface area contributed by atoms with Crippen molar-refractivity contribution in [2.45, 2.75) is 70.2 Å². The standard InChI is InChI=1S/C22H31NO8/c1-11(7-18-23-9-15(30-18)4-5-19(25)26)6-16-21(28)20(27)14(10-29-16)8-17-22(31-17)12(2)13(3)24/h4-5,7,9,12-14,16-17,20-22,24,27-28H,6,8,10H2,1-3H3,(H,25,26)/b5-4+,11-7+/t12-,13-,14-,16-,17-,20+,21-,22-/m0/s1. The lowest BCUT2D eigenvalue weighted by Gasteiger charge is -2.38. The molecule has 8 atom stereocenters. The first kappa shape index (κ1) is 23.6. The summed E-state index contributed by atoms with van der Waals surface area (Å²) in [5, 5.41) is 39.5. The number of rotatable bonds is 9. The number of hydrogen-bond acceptors (Lipinski definition) is 8. The largest absolute Gasteiger partial charge is 0.478 e. The summed E-state index contributed by atoms with van der Waals surface area (Å²) in [6.07, 6.45) is 3.30. The van der Waals surface area contributed by atoms with E-state index in [0.717, 1.165) is 11.6 Å². The topological polar surface area (TPSA) is 146 Å². The molecule has 0 amide bonds. The van der Waals surface area contributed by atoms with Crippen LogP contribution in [0.2, 0.25) is 0 Å². The number of oxazole rings is 1. The monoisotopic (exact) mass is 437 g/mol. The molecule has 31 heavy (non-hydrogen) atoms. The highest BCUT2D eigenvalue weighted by molar-refractivity contribution is 5.84. The van der Waals surface area contributed by atoms with Crippen LogP contribution in [0.25, 0.3) is 12.2 Å². The molecule has 2 fully saturated rings. The Balaban J connectivity index is 1.51. The summed E-state index contributed by atoms with van der Waals surface area (Å²) in [5.74, 6) is -0.657. The van der Waals surface area contributed by atoms with E-state index in [2.05, 4.69) is 4.98 Å². The van der Waals surface area contributed by atoms with Crippen molar-refractivity contribution in [3.05, 3.63) is 29.5 Å². The van der Waals surface area contributed by atoms with Crippen molar-refractivity contribution >= 4 is 18.1 Å². The molecule has 172 valence electrons. The molecule has 0 aromatic carbocycles. The molecule has 1 aromatic heterocycles. The smallest absolute Gasteiger partial charge is 0.328 e. The van der Waals surface area contributed by atoms with E-state index in [1.54, 1.807) is 13.0 Å². The Hall–Kier alpha value is -2.04. The van der Waals surface area contributed by atoms with Gasteiger partial charge in [-0.05, 0) is 38.8 Å². The molecule has 1 aromatic rings. The van der Waals surface area contributed by atoms with Crippen molar-refractivity contribution in [2.75, 3.05) is 6.61 Å². The van der Waals surface area contributed by atoms with Crippen LogP contribution in [0, 0.1) is 11.8 Å². The minimum atomic E-state index is -1.08. The number of hydrogen-bond donors (Lipinski definition) is 4. The molecule has 2 saturated heterocycles. The van der Waals surface area contributed by atoms with Gasteiger partial charge >= 0.3 is 5.97 Å². The number of aliphatic carboxylic acids is 1. The first-order valence-corrected chi connectivity index (χ1v) is 10.5. The highest BCUT2D eigenvalue weighted by atomic mass is 16.6. The van der Waals surface area contributed by atoms with Gasteiger partial charge in [-0.25, -0.2) is 9.78 Å². The van der Waals surface area contributed by atoms with Crippen LogP contribution in [0.4, 0.5) is 0 Å². The maximum atomic E-state index is 10.6. The molecule has 0 radical (unpaired) electrons. The van der Waals surface area contributed by atoms with Crippen LogP contribution in [0.3, 0.4) is 0 Å². The minimum absolute atomic E-state index is 0.0208. The lowest BCUT2D eigenvalue weighted by atomic mass is 9.85. The van der Waals surface area contributed by atoms with Gasteiger partial charge in [0.25, 0.3) is 0 Å². The molecule has 0 saturated carbocycles. The fraction of sp³-hybridized carbons (Fsp3) is 0.636. The number of aliphatic hydroxyl groups is 3. The number of aliphatic hydroxyl groups excluding tert-OH is 3. The Morgan fingerprint density at radius 3 is 2.71 bits per heavy atom. The fourth-order valence-corrected chi connectivity index (χ4v) is 3.90. The second kappa shape index (κ2) is 10.1. The summed E-state index contributed by atoms with van der Waals surface area (Å²) in [5.41, 5.74) is 0.835. The number of ether oxygens (including phenoxy) is 2. The van der Waals surface area contributed by atoms with Crippen LogP contribution in [0.1, 0.15) is 45.3 Å². The number of epoxide rings is 1. The fourth-order valence-electron chi connectivity index (χ4n) is 3.90. The maximum absolute atomic E-state index is 10.6. The predicted octanol–water partition coefficient (Wildman–Crippen LogP) is 1.48. The zero-order chi connectivity index (χ0) is 22.7. The summed E-state index contributed by atoms with van der Waals surface area (Å²) in [4.78, 5) is 14.6. The SMILES string of the molecule is C/C(=C\c1ncc(/C=C/C(=O)O)o1)C[C@@H]1OC[C@H](C[C@@H]2O[C@H]2[C@@H](C)[C@H](C)O)[C@@H](O)[C@H]1O. The third-order valence-corrected chi connectivity index (χ3v) is 6.00. The van der Waals surface area contributed by atoms with E-state index in [9.17, 15) is 20.1 Å². The Labute approximate surface area is 181 Å². The van der Waals surface area contributed by atoms with Crippen LogP contribution in [-0.2, 0) is 14.3 Å². The molecule has 0 aliphatic carbocycles. The van der Waals surface area contributed by atoms with Gasteiger partial charge in [0.05, 0.1) is 43.3 Å². The van der Waals surface area contributed by atoms with Crippen molar-refractivity contribution in [2.24, 2.45) is 11.8 Å². The quantitative estimate of drug-likeness (QED) is 0.333. The van der Waals surface area contributed by atoms with Crippen molar-refractivity contribution in [3.8, 4) is 0 Å². The molecule has 2 aliphatic rings. The number of carboxylic acids is 1. The first-order valence-electron chi connectivity index (χ1n) is 10.5. The summed E-state index contributed by atoms with van der Waals surface area (Å²) in [7, 11) is 0. The normalized spacial score (nSPS) is 33.4. The van der Waals surface area contributed by atoms with Gasteiger partial charge in [-0.2, -0.15) is 0 Å². The van der Waals surface area contributed by atoms with Crippen LogP contribution in [-0.4, -0.2) is 74.6 Å². The second-order valence-electron chi connectivity index (χ2n) is 8.55. The van der Waals surface area contributed by atoms with Crippen LogP contribution >= 0.6 is 0 Å². The van der Waals surface area contributed by atoms with E-state index in [1.165, 1.54) is 12.3 Å². The Kier molecular flexibility index (Phi) is 7.66. The lowest BCUT2D eigenvalue weighted by Crippen LogP contribution is -2.50. The van der Waals surface area contributed by atoms with E-state index in [1.807, 2.05) is 13.8 Å². The number of carboxylic acid groups (broad SMARTS) is 1. The van der Waals surface area contributed by atoms with Gasteiger partial charge in [-0.1, -0.05) is 12.5 Å². The van der Waals surface area contributed by atoms with Gasteiger partial charge in [0.15, 0.2) is 0 Å². The molecular weight excluding hydrogens is 406 g/mol. The van der Waals surface area contributed by atoms with Crippen LogP contribution in [0.15, 0.2) is 22.3 Å². The van der Waals surface area contributed by atoms with Gasteiger partial charge < -0.3 is 34.3 Å². The van der Waals surface area contributed by atoms with E-state index in [-0.39, 0.29) is 24.0 Å². The Morgan fingerprint density at radius 2 is 2.03 bits per heavy atom. The lowest BCUT2D eigenvalue weighted by molar-refractivity contribution is -0.165. The van der Waals surface area contributed by atoms with Crippen molar-refractivity contribution in [1.82, 2.24) is 4.98 Å². The third kappa shape index (κ3) is 6.24. The zero-order valence-electron chi connectivity index (χ0n) is 17.9. The summed E-state index contributed by atoms with van der Waals surface area (Å²) >= 11 is 0. The van der Waals surface area contributed by atoms with E-state index in [0.29, 0.717) is 31.1 Å². The molecule has 4 N–H and O–H groups in total. The maximum Gasteiger partial charge on any atom is 0.328 e. The molecular formula is C22H31NO8. The molecule has 9 heteroatoms. The van der Waals surface area contributed by atoms with Gasteiger partial charge in [0.2, 0.25) is 5.89 Å². The Morgan fingerprint density at radius 1 is 1.29 bits per heavy atom. The van der Waals surface area contributed by atoms with Crippen LogP contribution in [0.5, 0.6) is 0 Å². The molecule has 0 bridgehead atoms. The van der Waals surface area contributed by atoms with Gasteiger partial charge in [-0.3, -0.25) is 0 Å². The highest BCUT2D eigenvalue weighted by Crippen LogP contribution is 2.38. The van der Waals surface area contributed by atoms with Crippen molar-refractivity contribution in [3.63, 3.8) is 0 Å². The highest BCUT2D eigenvalue weighted by Gasteiger charge is 2.48. The molecule has 2 aliphatic heterocycles. The third-order valence-electron chi connectivity index (χ3n) is 6.00.